The molecule has 0 bridgehead atoms. The van der Waals surface area contributed by atoms with Crippen LogP contribution in [-0.2, 0) is 16.1 Å². The van der Waals surface area contributed by atoms with Crippen LogP contribution in [0.2, 0.25) is 0 Å². The first-order valence-electron chi connectivity index (χ1n) is 10.4. The number of rotatable bonds is 7. The van der Waals surface area contributed by atoms with E-state index in [4.69, 9.17) is 4.74 Å². The highest BCUT2D eigenvalue weighted by molar-refractivity contribution is 5.94. The molecular formula is C23H26FN3O3. The van der Waals surface area contributed by atoms with Crippen molar-refractivity contribution >= 4 is 11.8 Å². The third-order valence-corrected chi connectivity index (χ3v) is 5.43. The van der Waals surface area contributed by atoms with E-state index >= 15 is 0 Å². The van der Waals surface area contributed by atoms with E-state index in [1.54, 1.807) is 36.4 Å². The second-order valence-electron chi connectivity index (χ2n) is 7.74. The fraction of sp³-hybridized carbons (Fsp3) is 0.391. The summed E-state index contributed by atoms with van der Waals surface area (Å²) in [5, 5.41) is 5.89. The molecule has 158 valence electrons. The topological polar surface area (TPSA) is 70.7 Å². The molecule has 6 nitrogen and oxygen atoms in total. The lowest BCUT2D eigenvalue weighted by Crippen LogP contribution is -2.46. The standard InChI is InChI=1S/C23H26FN3O3/c24-20-7-2-1-6-19(20)21(27-10-12-30-13-11-27)23(29)25-15-16-4-3-5-17(14-16)22(28)26-18-8-9-18/h1-7,14,18,21H,8-13,15H2,(H,25,29)(H,26,28). The molecule has 2 fully saturated rings. The summed E-state index contributed by atoms with van der Waals surface area (Å²) in [6, 6.07) is 13.2. The summed E-state index contributed by atoms with van der Waals surface area (Å²) < 4.78 is 19.9. The molecule has 2 aromatic rings. The SMILES string of the molecule is O=C(NC1CC1)c1cccc(CNC(=O)C(c2ccccc2F)N2CCOCC2)c1. The summed E-state index contributed by atoms with van der Waals surface area (Å²) in [5.41, 5.74) is 1.75. The van der Waals surface area contributed by atoms with Crippen LogP contribution in [0.3, 0.4) is 0 Å². The van der Waals surface area contributed by atoms with Gasteiger partial charge in [0.15, 0.2) is 0 Å². The fourth-order valence-electron chi connectivity index (χ4n) is 3.64. The molecule has 2 aliphatic rings. The van der Waals surface area contributed by atoms with Gasteiger partial charge in [-0.1, -0.05) is 30.3 Å². The number of hydrogen-bond acceptors (Lipinski definition) is 4. The Morgan fingerprint density at radius 3 is 2.60 bits per heavy atom. The van der Waals surface area contributed by atoms with Crippen molar-refractivity contribution in [3.63, 3.8) is 0 Å². The Bertz CT molecular complexity index is 910. The van der Waals surface area contributed by atoms with Gasteiger partial charge in [0.25, 0.3) is 5.91 Å². The maximum atomic E-state index is 14.5. The Morgan fingerprint density at radius 1 is 1.10 bits per heavy atom. The number of ether oxygens (including phenoxy) is 1. The first kappa shape index (κ1) is 20.5. The van der Waals surface area contributed by atoms with Crippen molar-refractivity contribution in [2.45, 2.75) is 31.5 Å². The van der Waals surface area contributed by atoms with Gasteiger partial charge in [0.2, 0.25) is 5.91 Å². The molecule has 1 saturated heterocycles. The maximum Gasteiger partial charge on any atom is 0.251 e. The quantitative estimate of drug-likeness (QED) is 0.734. The van der Waals surface area contributed by atoms with Crippen LogP contribution < -0.4 is 10.6 Å². The lowest BCUT2D eigenvalue weighted by molar-refractivity contribution is -0.128. The Kier molecular flexibility index (Phi) is 6.40. The largest absolute Gasteiger partial charge is 0.379 e. The van der Waals surface area contributed by atoms with Crippen LogP contribution in [0.5, 0.6) is 0 Å². The van der Waals surface area contributed by atoms with Crippen LogP contribution in [-0.4, -0.2) is 49.1 Å². The van der Waals surface area contributed by atoms with Crippen LogP contribution in [0.15, 0.2) is 48.5 Å². The summed E-state index contributed by atoms with van der Waals surface area (Å²) in [6.45, 7) is 2.40. The van der Waals surface area contributed by atoms with Crippen LogP contribution in [0.25, 0.3) is 0 Å². The van der Waals surface area contributed by atoms with Crippen molar-refractivity contribution in [3.8, 4) is 0 Å². The van der Waals surface area contributed by atoms with Crippen molar-refractivity contribution in [1.29, 1.82) is 0 Å². The van der Waals surface area contributed by atoms with Gasteiger partial charge in [-0.2, -0.15) is 0 Å². The number of morpholine rings is 1. The molecule has 0 spiro atoms. The highest BCUT2D eigenvalue weighted by Crippen LogP contribution is 2.25. The zero-order chi connectivity index (χ0) is 20.9. The Labute approximate surface area is 175 Å². The number of halogens is 1. The highest BCUT2D eigenvalue weighted by atomic mass is 19.1. The van der Waals surface area contributed by atoms with Crippen molar-refractivity contribution in [2.75, 3.05) is 26.3 Å². The van der Waals surface area contributed by atoms with Crippen LogP contribution >= 0.6 is 0 Å². The molecule has 2 aromatic carbocycles. The van der Waals surface area contributed by atoms with Crippen molar-refractivity contribution in [2.24, 2.45) is 0 Å². The molecule has 1 saturated carbocycles. The summed E-state index contributed by atoms with van der Waals surface area (Å²) >= 11 is 0. The van der Waals surface area contributed by atoms with Gasteiger partial charge in [0, 0.05) is 36.8 Å². The number of carbonyl (C=O) groups is 2. The summed E-state index contributed by atoms with van der Waals surface area (Å²) in [7, 11) is 0. The number of amides is 2. The molecule has 7 heteroatoms. The first-order valence-corrected chi connectivity index (χ1v) is 10.4. The Hall–Kier alpha value is -2.77. The average Bonchev–Trinajstić information content (AvgIpc) is 3.59. The molecule has 0 aromatic heterocycles. The van der Waals surface area contributed by atoms with E-state index in [1.165, 1.54) is 6.07 Å². The van der Waals surface area contributed by atoms with Crippen LogP contribution in [0.4, 0.5) is 4.39 Å². The van der Waals surface area contributed by atoms with Gasteiger partial charge in [-0.15, -0.1) is 0 Å². The normalized spacial score (nSPS) is 17.9. The van der Waals surface area contributed by atoms with E-state index in [9.17, 15) is 14.0 Å². The zero-order valence-electron chi connectivity index (χ0n) is 16.8. The number of carbonyl (C=O) groups excluding carboxylic acids is 2. The molecule has 0 radical (unpaired) electrons. The summed E-state index contributed by atoms with van der Waals surface area (Å²) in [4.78, 5) is 27.3. The molecule has 1 unspecified atom stereocenters. The number of benzene rings is 2. The van der Waals surface area contributed by atoms with E-state index < -0.39 is 11.9 Å². The lowest BCUT2D eigenvalue weighted by atomic mass is 10.0. The first-order chi connectivity index (χ1) is 14.6. The minimum atomic E-state index is -0.726. The molecule has 2 amide bonds. The van der Waals surface area contributed by atoms with E-state index in [0.717, 1.165) is 18.4 Å². The zero-order valence-corrected chi connectivity index (χ0v) is 16.8. The average molecular weight is 411 g/mol. The maximum absolute atomic E-state index is 14.5. The van der Waals surface area contributed by atoms with Gasteiger partial charge in [0.05, 0.1) is 13.2 Å². The lowest BCUT2D eigenvalue weighted by Gasteiger charge is -2.34. The summed E-state index contributed by atoms with van der Waals surface area (Å²) in [5.74, 6) is -0.763. The van der Waals surface area contributed by atoms with Crippen LogP contribution in [0, 0.1) is 5.82 Å². The molecule has 1 aliphatic heterocycles. The summed E-state index contributed by atoms with van der Waals surface area (Å²) in [6.07, 6.45) is 2.06. The Morgan fingerprint density at radius 2 is 1.87 bits per heavy atom. The van der Waals surface area contributed by atoms with Crippen LogP contribution in [0.1, 0.15) is 40.4 Å². The number of nitrogens with zero attached hydrogens (tertiary/aromatic N) is 1. The van der Waals surface area contributed by atoms with Gasteiger partial charge in [0.1, 0.15) is 11.9 Å². The molecule has 1 aliphatic carbocycles. The second-order valence-corrected chi connectivity index (χ2v) is 7.74. The minimum Gasteiger partial charge on any atom is -0.379 e. The van der Waals surface area contributed by atoms with E-state index in [2.05, 4.69) is 10.6 Å². The van der Waals surface area contributed by atoms with Gasteiger partial charge >= 0.3 is 0 Å². The predicted molar refractivity (Wildman–Crippen MR) is 110 cm³/mol. The smallest absolute Gasteiger partial charge is 0.251 e. The van der Waals surface area contributed by atoms with E-state index in [0.29, 0.717) is 37.4 Å². The molecule has 2 N–H and O–H groups in total. The predicted octanol–water partition coefficient (Wildman–Crippen LogP) is 2.41. The minimum absolute atomic E-state index is 0.0942. The Balaban J connectivity index is 1.46. The van der Waals surface area contributed by atoms with Gasteiger partial charge < -0.3 is 15.4 Å². The van der Waals surface area contributed by atoms with Crippen molar-refractivity contribution in [1.82, 2.24) is 15.5 Å². The molecule has 1 atom stereocenters. The highest BCUT2D eigenvalue weighted by Gasteiger charge is 2.31. The molecule has 30 heavy (non-hydrogen) atoms. The third kappa shape index (κ3) is 5.04. The van der Waals surface area contributed by atoms with Crippen molar-refractivity contribution in [3.05, 3.63) is 71.0 Å². The number of nitrogens with one attached hydrogen (secondary N) is 2. The molecule has 1 heterocycles. The van der Waals surface area contributed by atoms with Crippen molar-refractivity contribution < 1.29 is 18.7 Å². The van der Waals surface area contributed by atoms with Gasteiger partial charge in [-0.3, -0.25) is 14.5 Å². The number of hydrogen-bond donors (Lipinski definition) is 2. The molecular weight excluding hydrogens is 385 g/mol. The van der Waals surface area contributed by atoms with E-state index in [1.807, 2.05) is 11.0 Å². The van der Waals surface area contributed by atoms with Gasteiger partial charge in [-0.25, -0.2) is 4.39 Å². The fourth-order valence-corrected chi connectivity index (χ4v) is 3.64. The van der Waals surface area contributed by atoms with E-state index in [-0.39, 0.29) is 24.4 Å². The second kappa shape index (κ2) is 9.36. The van der Waals surface area contributed by atoms with Gasteiger partial charge in [-0.05, 0) is 36.6 Å². The molecule has 4 rings (SSSR count). The monoisotopic (exact) mass is 411 g/mol. The third-order valence-electron chi connectivity index (χ3n) is 5.43.